The van der Waals surface area contributed by atoms with Crippen molar-refractivity contribution in [2.24, 2.45) is 0 Å². The molecule has 0 aliphatic carbocycles. The van der Waals surface area contributed by atoms with Crippen molar-refractivity contribution in [1.82, 2.24) is 0 Å². The van der Waals surface area contributed by atoms with Crippen molar-refractivity contribution in [1.29, 1.82) is 0 Å². The summed E-state index contributed by atoms with van der Waals surface area (Å²) < 4.78 is 0. The number of hydrogen-bond acceptors (Lipinski definition) is 0. The van der Waals surface area contributed by atoms with Gasteiger partial charge in [-0.15, -0.1) is 0 Å². The van der Waals surface area contributed by atoms with Gasteiger partial charge in [-0.1, -0.05) is 0 Å². The molecular weight excluding hydrogens is 178 g/mol. The van der Waals surface area contributed by atoms with Crippen LogP contribution in [0.25, 0.3) is 0 Å². The van der Waals surface area contributed by atoms with Crippen LogP contribution in [0.15, 0.2) is 0 Å². The Bertz CT molecular complexity index is 6.00. The van der Waals surface area contributed by atoms with E-state index in [0.29, 0.717) is 0 Å². The zero-order chi connectivity index (χ0) is 0. The molecule has 24 valence electrons. The normalized spacial score (nSPS) is 0. The SMILES string of the molecule is [Cl-].[Cl-].[Cr+3].[Mn+2]. The van der Waals surface area contributed by atoms with Crippen LogP contribution in [0.2, 0.25) is 0 Å². The fourth-order valence-electron chi connectivity index (χ4n) is 0. The Balaban J connectivity index is 0. The van der Waals surface area contributed by atoms with Crippen molar-refractivity contribution in [3.63, 3.8) is 0 Å². The van der Waals surface area contributed by atoms with Crippen LogP contribution in [0.1, 0.15) is 0 Å². The first-order valence-electron chi connectivity index (χ1n) is 0. The molecule has 0 heterocycles. The first-order valence-corrected chi connectivity index (χ1v) is 0. The van der Waals surface area contributed by atoms with Gasteiger partial charge in [-0.2, -0.15) is 0 Å². The maximum atomic E-state index is 0. The van der Waals surface area contributed by atoms with Crippen molar-refractivity contribution < 1.29 is 59.2 Å². The molecule has 0 aliphatic heterocycles. The van der Waals surface area contributed by atoms with Gasteiger partial charge in [0, 0.05) is 0 Å². The second-order valence-corrected chi connectivity index (χ2v) is 0. The summed E-state index contributed by atoms with van der Waals surface area (Å²) in [4.78, 5) is 0. The largest absolute Gasteiger partial charge is 3.00 e. The average molecular weight is 178 g/mol. The van der Waals surface area contributed by atoms with Crippen molar-refractivity contribution in [3.8, 4) is 0 Å². The van der Waals surface area contributed by atoms with Crippen LogP contribution in [-0.2, 0) is 34.4 Å². The van der Waals surface area contributed by atoms with Gasteiger partial charge in [0.15, 0.2) is 0 Å². The van der Waals surface area contributed by atoms with E-state index >= 15 is 0 Å². The second-order valence-electron chi connectivity index (χ2n) is 0. The zero-order valence-electron chi connectivity index (χ0n) is 1.54. The number of halogens is 2. The van der Waals surface area contributed by atoms with Crippen molar-refractivity contribution in [3.05, 3.63) is 0 Å². The molecule has 4 heteroatoms. The molecular formula is Cl2CrMn+3. The monoisotopic (exact) mass is 177 g/mol. The van der Waals surface area contributed by atoms with Gasteiger partial charge in [0.1, 0.15) is 0 Å². The van der Waals surface area contributed by atoms with Crippen LogP contribution < -0.4 is 24.8 Å². The summed E-state index contributed by atoms with van der Waals surface area (Å²) in [5.74, 6) is 0. The average Bonchev–Trinajstić information content (AvgIpc) is 0. The molecule has 0 aromatic heterocycles. The molecule has 0 aliphatic rings. The molecule has 0 fully saturated rings. The molecule has 0 N–H and O–H groups in total. The Morgan fingerprint density at radius 2 is 0.750 bits per heavy atom. The third kappa shape index (κ3) is 9.45. The predicted molar refractivity (Wildman–Crippen MR) is 0 cm³/mol. The summed E-state index contributed by atoms with van der Waals surface area (Å²) in [6.45, 7) is 0. The van der Waals surface area contributed by atoms with E-state index in [0.717, 1.165) is 0 Å². The van der Waals surface area contributed by atoms with Gasteiger partial charge in [0.2, 0.25) is 0 Å². The van der Waals surface area contributed by atoms with Gasteiger partial charge in [-0.05, 0) is 0 Å². The van der Waals surface area contributed by atoms with Gasteiger partial charge < -0.3 is 24.8 Å². The molecule has 0 nitrogen and oxygen atoms in total. The van der Waals surface area contributed by atoms with Crippen LogP contribution in [0.3, 0.4) is 0 Å². The molecule has 0 saturated heterocycles. The van der Waals surface area contributed by atoms with E-state index in [2.05, 4.69) is 0 Å². The molecule has 0 unspecified atom stereocenters. The van der Waals surface area contributed by atoms with E-state index in [1.54, 1.807) is 0 Å². The molecule has 0 amide bonds. The number of rotatable bonds is 0. The van der Waals surface area contributed by atoms with Crippen LogP contribution in [-0.4, -0.2) is 0 Å². The minimum absolute atomic E-state index is 0. The third-order valence-electron chi connectivity index (χ3n) is 0. The van der Waals surface area contributed by atoms with E-state index in [4.69, 9.17) is 0 Å². The van der Waals surface area contributed by atoms with Crippen LogP contribution in [0.5, 0.6) is 0 Å². The van der Waals surface area contributed by atoms with E-state index in [1.807, 2.05) is 0 Å². The van der Waals surface area contributed by atoms with Gasteiger partial charge >= 0.3 is 34.4 Å². The maximum absolute atomic E-state index is 0. The van der Waals surface area contributed by atoms with Crippen LogP contribution >= 0.6 is 0 Å². The molecule has 0 aromatic carbocycles. The van der Waals surface area contributed by atoms with E-state index in [9.17, 15) is 0 Å². The van der Waals surface area contributed by atoms with Gasteiger partial charge in [0.05, 0.1) is 0 Å². The van der Waals surface area contributed by atoms with Crippen LogP contribution in [0, 0.1) is 0 Å². The Kier molecular flexibility index (Phi) is 260. The second kappa shape index (κ2) is 22.9. The summed E-state index contributed by atoms with van der Waals surface area (Å²) in [5, 5.41) is 0. The first kappa shape index (κ1) is 45.4. The summed E-state index contributed by atoms with van der Waals surface area (Å²) in [5.41, 5.74) is 0. The van der Waals surface area contributed by atoms with Gasteiger partial charge in [-0.3, -0.25) is 0 Å². The number of hydrogen-bond donors (Lipinski definition) is 0. The predicted octanol–water partition coefficient (Wildman–Crippen LogP) is -6.00. The van der Waals surface area contributed by atoms with Crippen LogP contribution in [0.4, 0.5) is 0 Å². The van der Waals surface area contributed by atoms with Gasteiger partial charge in [-0.25, -0.2) is 0 Å². The van der Waals surface area contributed by atoms with E-state index < -0.39 is 0 Å². The summed E-state index contributed by atoms with van der Waals surface area (Å²) >= 11 is 0. The fourth-order valence-corrected chi connectivity index (χ4v) is 0. The summed E-state index contributed by atoms with van der Waals surface area (Å²) in [6.07, 6.45) is 0. The van der Waals surface area contributed by atoms with Crippen molar-refractivity contribution >= 4 is 0 Å². The first-order chi connectivity index (χ1) is 0. The van der Waals surface area contributed by atoms with Gasteiger partial charge in [0.25, 0.3) is 0 Å². The minimum atomic E-state index is 0. The molecule has 4 heavy (non-hydrogen) atoms. The molecule has 2 radical (unpaired) electrons. The molecule has 0 aromatic rings. The van der Waals surface area contributed by atoms with E-state index in [-0.39, 0.29) is 59.2 Å². The minimum Gasteiger partial charge on any atom is -1.00 e. The fraction of sp³-hybridized carbons (Fsp3) is 0. The van der Waals surface area contributed by atoms with Crippen molar-refractivity contribution in [2.45, 2.75) is 0 Å². The zero-order valence-corrected chi connectivity index (χ0v) is 5.51. The topological polar surface area (TPSA) is 0 Å². The third-order valence-corrected chi connectivity index (χ3v) is 0. The van der Waals surface area contributed by atoms with E-state index in [1.165, 1.54) is 0 Å². The Morgan fingerprint density at radius 3 is 0.750 bits per heavy atom. The standard InChI is InChI=1S/2ClH.Cr.Mn/h2*1H;;/q;;+3;+2/p-2. The summed E-state index contributed by atoms with van der Waals surface area (Å²) in [6, 6.07) is 0. The Labute approximate surface area is 59.1 Å². The Morgan fingerprint density at radius 1 is 0.750 bits per heavy atom. The quantitative estimate of drug-likeness (QED) is 0.324. The molecule has 0 spiro atoms. The smallest absolute Gasteiger partial charge is 1.00 e. The Hall–Kier alpha value is 1.63. The van der Waals surface area contributed by atoms with Crippen molar-refractivity contribution in [2.75, 3.05) is 0 Å². The molecule has 0 atom stereocenters. The molecule has 0 saturated carbocycles. The summed E-state index contributed by atoms with van der Waals surface area (Å²) in [7, 11) is 0. The molecule has 0 rings (SSSR count). The maximum Gasteiger partial charge on any atom is 3.00 e. The molecule has 0 bridgehead atoms.